The number of benzene rings is 1. The minimum Gasteiger partial charge on any atom is -0.354 e. The summed E-state index contributed by atoms with van der Waals surface area (Å²) in [4.78, 5) is 11.3. The number of nitriles is 1. The van der Waals surface area contributed by atoms with E-state index in [9.17, 15) is 13.2 Å². The van der Waals surface area contributed by atoms with Crippen LogP contribution in [0, 0.1) is 11.3 Å². The molecule has 0 unspecified atom stereocenters. The molecule has 21 heavy (non-hydrogen) atoms. The second-order valence-corrected chi connectivity index (χ2v) is 6.77. The Morgan fingerprint density at radius 3 is 2.62 bits per heavy atom. The summed E-state index contributed by atoms with van der Waals surface area (Å²) < 4.78 is 26.4. The standard InChI is InChI=1S/C13H16ClN3O3S/c1-9(2)17-13(18)5-6-16-21(19,20)12-4-3-10(8-15)7-11(12)14/h3-4,7,9,16H,5-6H2,1-2H3,(H,17,18). The van der Waals surface area contributed by atoms with Gasteiger partial charge in [0.1, 0.15) is 4.90 Å². The Labute approximate surface area is 129 Å². The molecule has 8 heteroatoms. The van der Waals surface area contributed by atoms with Crippen molar-refractivity contribution in [3.63, 3.8) is 0 Å². The minimum atomic E-state index is -3.81. The van der Waals surface area contributed by atoms with Gasteiger partial charge in [-0.15, -0.1) is 0 Å². The van der Waals surface area contributed by atoms with Crippen molar-refractivity contribution in [3.8, 4) is 6.07 Å². The van der Waals surface area contributed by atoms with E-state index in [2.05, 4.69) is 10.0 Å². The third kappa shape index (κ3) is 5.34. The minimum absolute atomic E-state index is 0.00192. The number of amides is 1. The predicted octanol–water partition coefficient (Wildman–Crippen LogP) is 1.40. The zero-order valence-electron chi connectivity index (χ0n) is 11.7. The van der Waals surface area contributed by atoms with Crippen LogP contribution in [0.15, 0.2) is 23.1 Å². The van der Waals surface area contributed by atoms with Crippen LogP contribution in [-0.4, -0.2) is 26.9 Å². The molecule has 0 aromatic heterocycles. The molecule has 0 aliphatic carbocycles. The molecule has 0 saturated heterocycles. The summed E-state index contributed by atoms with van der Waals surface area (Å²) >= 11 is 5.85. The smallest absolute Gasteiger partial charge is 0.242 e. The number of hydrogen-bond acceptors (Lipinski definition) is 4. The Hall–Kier alpha value is -1.62. The molecule has 0 radical (unpaired) electrons. The lowest BCUT2D eigenvalue weighted by Crippen LogP contribution is -2.34. The van der Waals surface area contributed by atoms with E-state index in [1.54, 1.807) is 0 Å². The highest BCUT2D eigenvalue weighted by molar-refractivity contribution is 7.89. The van der Waals surface area contributed by atoms with Crippen molar-refractivity contribution in [2.45, 2.75) is 31.2 Å². The summed E-state index contributed by atoms with van der Waals surface area (Å²) in [6, 6.07) is 5.78. The van der Waals surface area contributed by atoms with E-state index >= 15 is 0 Å². The average molecular weight is 330 g/mol. The van der Waals surface area contributed by atoms with Crippen LogP contribution in [0.5, 0.6) is 0 Å². The number of nitrogens with zero attached hydrogens (tertiary/aromatic N) is 1. The second kappa shape index (κ2) is 7.41. The van der Waals surface area contributed by atoms with Gasteiger partial charge in [0.05, 0.1) is 16.7 Å². The molecule has 1 amide bonds. The molecule has 6 nitrogen and oxygen atoms in total. The van der Waals surface area contributed by atoms with Crippen LogP contribution < -0.4 is 10.0 Å². The highest BCUT2D eigenvalue weighted by atomic mass is 35.5. The lowest BCUT2D eigenvalue weighted by molar-refractivity contribution is -0.121. The zero-order valence-corrected chi connectivity index (χ0v) is 13.3. The molecule has 0 atom stereocenters. The normalized spacial score (nSPS) is 11.2. The van der Waals surface area contributed by atoms with Crippen molar-refractivity contribution >= 4 is 27.5 Å². The molecule has 0 aliphatic heterocycles. The van der Waals surface area contributed by atoms with Crippen LogP contribution in [0.1, 0.15) is 25.8 Å². The molecule has 0 aliphatic rings. The molecule has 1 aromatic rings. The molecule has 1 rings (SSSR count). The lowest BCUT2D eigenvalue weighted by Gasteiger charge is -2.10. The van der Waals surface area contributed by atoms with Crippen LogP contribution in [0.4, 0.5) is 0 Å². The SMILES string of the molecule is CC(C)NC(=O)CCNS(=O)(=O)c1ccc(C#N)cc1Cl. The Morgan fingerprint density at radius 2 is 2.10 bits per heavy atom. The van der Waals surface area contributed by atoms with Gasteiger partial charge in [-0.2, -0.15) is 5.26 Å². The molecular formula is C13H16ClN3O3S. The molecule has 0 spiro atoms. The van der Waals surface area contributed by atoms with Gasteiger partial charge in [-0.1, -0.05) is 11.6 Å². The van der Waals surface area contributed by atoms with Crippen molar-refractivity contribution < 1.29 is 13.2 Å². The number of sulfonamides is 1. The zero-order chi connectivity index (χ0) is 16.0. The maximum absolute atomic E-state index is 12.0. The van der Waals surface area contributed by atoms with Crippen molar-refractivity contribution in [3.05, 3.63) is 28.8 Å². The Kier molecular flexibility index (Phi) is 6.15. The third-order valence-electron chi connectivity index (χ3n) is 2.44. The monoisotopic (exact) mass is 329 g/mol. The van der Waals surface area contributed by atoms with E-state index in [1.165, 1.54) is 18.2 Å². The highest BCUT2D eigenvalue weighted by Crippen LogP contribution is 2.22. The number of carbonyl (C=O) groups is 1. The van der Waals surface area contributed by atoms with Crippen LogP contribution in [0.2, 0.25) is 5.02 Å². The largest absolute Gasteiger partial charge is 0.354 e. The maximum Gasteiger partial charge on any atom is 0.242 e. The summed E-state index contributed by atoms with van der Waals surface area (Å²) in [6.45, 7) is 3.61. The lowest BCUT2D eigenvalue weighted by atomic mass is 10.2. The molecule has 114 valence electrons. The summed E-state index contributed by atoms with van der Waals surface area (Å²) in [7, 11) is -3.81. The Balaban J connectivity index is 2.71. The molecule has 0 fully saturated rings. The van der Waals surface area contributed by atoms with Crippen molar-refractivity contribution in [1.82, 2.24) is 10.0 Å². The van der Waals surface area contributed by atoms with Crippen LogP contribution in [0.25, 0.3) is 0 Å². The van der Waals surface area contributed by atoms with Crippen molar-refractivity contribution in [2.75, 3.05) is 6.54 Å². The average Bonchev–Trinajstić information content (AvgIpc) is 2.36. The fraction of sp³-hybridized carbons (Fsp3) is 0.385. The predicted molar refractivity (Wildman–Crippen MR) is 79.3 cm³/mol. The molecular weight excluding hydrogens is 314 g/mol. The number of halogens is 1. The van der Waals surface area contributed by atoms with E-state index < -0.39 is 10.0 Å². The van der Waals surface area contributed by atoms with Crippen molar-refractivity contribution in [2.24, 2.45) is 0 Å². The molecule has 0 heterocycles. The topological polar surface area (TPSA) is 99.1 Å². The molecule has 2 N–H and O–H groups in total. The summed E-state index contributed by atoms with van der Waals surface area (Å²) in [5.41, 5.74) is 0.273. The number of rotatable bonds is 6. The highest BCUT2D eigenvalue weighted by Gasteiger charge is 2.18. The van der Waals surface area contributed by atoms with Gasteiger partial charge >= 0.3 is 0 Å². The van der Waals surface area contributed by atoms with Gasteiger partial charge in [0.25, 0.3) is 0 Å². The molecule has 0 bridgehead atoms. The van der Waals surface area contributed by atoms with Gasteiger partial charge in [-0.05, 0) is 32.0 Å². The van der Waals surface area contributed by atoms with E-state index in [1.807, 2.05) is 19.9 Å². The first-order valence-electron chi connectivity index (χ1n) is 6.25. The first-order valence-corrected chi connectivity index (χ1v) is 8.11. The maximum atomic E-state index is 12.0. The van der Waals surface area contributed by atoms with Gasteiger partial charge in [-0.3, -0.25) is 4.79 Å². The van der Waals surface area contributed by atoms with Crippen molar-refractivity contribution in [1.29, 1.82) is 5.26 Å². The number of hydrogen-bond donors (Lipinski definition) is 2. The van der Waals surface area contributed by atoms with Gasteiger partial charge in [0.15, 0.2) is 0 Å². The van der Waals surface area contributed by atoms with Crippen LogP contribution in [-0.2, 0) is 14.8 Å². The second-order valence-electron chi connectivity index (χ2n) is 4.63. The number of carbonyl (C=O) groups excluding carboxylic acids is 1. The van der Waals surface area contributed by atoms with E-state index in [0.717, 1.165) is 0 Å². The van der Waals surface area contributed by atoms with Gasteiger partial charge in [0.2, 0.25) is 15.9 Å². The van der Waals surface area contributed by atoms with Gasteiger partial charge in [0, 0.05) is 19.0 Å². The van der Waals surface area contributed by atoms with E-state index in [0.29, 0.717) is 0 Å². The quantitative estimate of drug-likeness (QED) is 0.824. The van der Waals surface area contributed by atoms with E-state index in [-0.39, 0.29) is 40.4 Å². The first-order chi connectivity index (χ1) is 9.76. The Bertz CT molecular complexity index is 666. The van der Waals surface area contributed by atoms with Crippen LogP contribution >= 0.6 is 11.6 Å². The van der Waals surface area contributed by atoms with Gasteiger partial charge < -0.3 is 5.32 Å². The van der Waals surface area contributed by atoms with Crippen LogP contribution in [0.3, 0.4) is 0 Å². The number of nitrogens with one attached hydrogen (secondary N) is 2. The summed E-state index contributed by atoms with van der Waals surface area (Å²) in [5.74, 6) is -0.237. The van der Waals surface area contributed by atoms with Gasteiger partial charge in [-0.25, -0.2) is 13.1 Å². The summed E-state index contributed by atoms with van der Waals surface area (Å²) in [6.07, 6.45) is 0.0330. The first kappa shape index (κ1) is 17.4. The fourth-order valence-corrected chi connectivity index (χ4v) is 3.13. The summed E-state index contributed by atoms with van der Waals surface area (Å²) in [5, 5.41) is 11.3. The molecule has 1 aromatic carbocycles. The third-order valence-corrected chi connectivity index (χ3v) is 4.39. The molecule has 0 saturated carbocycles. The van der Waals surface area contributed by atoms with E-state index in [4.69, 9.17) is 16.9 Å². The fourth-order valence-electron chi connectivity index (χ4n) is 1.56. The Morgan fingerprint density at radius 1 is 1.43 bits per heavy atom.